The molecule has 11 N–H and O–H groups in total. The van der Waals surface area contributed by atoms with Crippen molar-refractivity contribution in [2.75, 3.05) is 0 Å². The molecule has 0 spiro atoms. The zero-order chi connectivity index (χ0) is 26.6. The molecule has 0 saturated carbocycles. The lowest BCUT2D eigenvalue weighted by molar-refractivity contribution is 0.0247. The van der Waals surface area contributed by atoms with Crippen LogP contribution in [-0.4, -0.2) is 20.9 Å². The van der Waals surface area contributed by atoms with E-state index < -0.39 is 19.4 Å². The number of cyclic esters (lactones) is 1. The summed E-state index contributed by atoms with van der Waals surface area (Å²) in [5.41, 5.74) is 3.81. The van der Waals surface area contributed by atoms with Gasteiger partial charge in [-0.05, 0) is 78.3 Å². The number of phosphoric ester groups is 1. The lowest BCUT2D eigenvalue weighted by atomic mass is 9.74. The van der Waals surface area contributed by atoms with E-state index in [-0.39, 0.29) is 35.6 Å². The zero-order valence-electron chi connectivity index (χ0n) is 23.2. The number of phenols is 1. The van der Waals surface area contributed by atoms with Crippen molar-refractivity contribution >= 4 is 13.8 Å². The number of rotatable bonds is 6. The van der Waals surface area contributed by atoms with Crippen LogP contribution in [0.25, 0.3) is 0 Å². The highest BCUT2D eigenvalue weighted by Crippen LogP contribution is 2.52. The van der Waals surface area contributed by atoms with E-state index in [0.717, 1.165) is 11.1 Å². The van der Waals surface area contributed by atoms with Crippen LogP contribution >= 0.6 is 7.82 Å². The summed E-state index contributed by atoms with van der Waals surface area (Å²) in [6.07, 6.45) is 0. The molecule has 1 atom stereocenters. The number of hydrogen-bond donors (Lipinski definition) is 5. The van der Waals surface area contributed by atoms with Crippen LogP contribution < -0.4 is 16.8 Å². The molecule has 0 aliphatic carbocycles. The Kier molecular flexibility index (Phi) is 8.89. The first-order valence-corrected chi connectivity index (χ1v) is 13.4. The van der Waals surface area contributed by atoms with Crippen LogP contribution in [0.4, 0.5) is 0 Å². The molecular formula is C28H39N2O7P+2. The summed E-state index contributed by atoms with van der Waals surface area (Å²) in [6.45, 7) is 11.4. The summed E-state index contributed by atoms with van der Waals surface area (Å²) >= 11 is 0. The number of benzene rings is 3. The van der Waals surface area contributed by atoms with Crippen LogP contribution in [-0.2, 0) is 14.9 Å². The van der Waals surface area contributed by atoms with Crippen LogP contribution in [0.15, 0.2) is 48.5 Å². The Balaban J connectivity index is 0.00000253. The number of carbonyl (C=O) groups excluding carboxylic acids is 1. The first-order chi connectivity index (χ1) is 16.8. The van der Waals surface area contributed by atoms with Gasteiger partial charge in [0.1, 0.15) is 11.5 Å². The molecule has 0 fully saturated rings. The molecular weight excluding hydrogens is 507 g/mol. The van der Waals surface area contributed by atoms with Crippen LogP contribution in [0.1, 0.15) is 88.8 Å². The van der Waals surface area contributed by atoms with E-state index in [0.29, 0.717) is 33.4 Å². The van der Waals surface area contributed by atoms with Crippen LogP contribution in [0, 0.1) is 13.8 Å². The molecule has 206 valence electrons. The summed E-state index contributed by atoms with van der Waals surface area (Å²) in [6, 6.07) is 14.2. The second kappa shape index (κ2) is 10.9. The van der Waals surface area contributed by atoms with E-state index in [1.807, 2.05) is 58.9 Å². The fourth-order valence-corrected chi connectivity index (χ4v) is 5.46. The van der Waals surface area contributed by atoms with Crippen LogP contribution in [0.3, 0.4) is 0 Å². The van der Waals surface area contributed by atoms with Crippen molar-refractivity contribution in [3.63, 3.8) is 0 Å². The van der Waals surface area contributed by atoms with Crippen molar-refractivity contribution in [2.24, 2.45) is 0 Å². The van der Waals surface area contributed by atoms with Gasteiger partial charge >= 0.3 is 13.8 Å². The van der Waals surface area contributed by atoms with Gasteiger partial charge in [0, 0.05) is 16.7 Å². The summed E-state index contributed by atoms with van der Waals surface area (Å²) in [7, 11) is -4.80. The minimum atomic E-state index is -4.80. The van der Waals surface area contributed by atoms with E-state index in [1.54, 1.807) is 31.2 Å². The van der Waals surface area contributed by atoms with Crippen molar-refractivity contribution in [2.45, 2.75) is 59.0 Å². The van der Waals surface area contributed by atoms with Gasteiger partial charge in [0.25, 0.3) is 0 Å². The molecule has 38 heavy (non-hydrogen) atoms. The standard InChI is InChI=1S/C28H31O7P.2H3N/c1-15(2)20-13-23(17(5)11-25(20)29)28(22-10-8-7-9-19(22)27(30)34-28)24-14-21(16(3)4)26(12-18(24)6)35-36(31,32)33;;/h7-16,29H,1-6H3,(H2,31,32,33);2*1H3/p+2. The fourth-order valence-electron chi connectivity index (χ4n) is 5.05. The molecule has 1 heterocycles. The Labute approximate surface area is 223 Å². The summed E-state index contributed by atoms with van der Waals surface area (Å²) in [5.74, 6) is -0.352. The van der Waals surface area contributed by atoms with E-state index in [2.05, 4.69) is 0 Å². The Bertz CT molecular complexity index is 1410. The number of esters is 1. The Morgan fingerprint density at radius 1 is 0.842 bits per heavy atom. The van der Waals surface area contributed by atoms with Crippen LogP contribution in [0.5, 0.6) is 11.5 Å². The van der Waals surface area contributed by atoms with E-state index in [4.69, 9.17) is 9.26 Å². The quantitative estimate of drug-likeness (QED) is 0.163. The molecule has 3 aromatic carbocycles. The Morgan fingerprint density at radius 3 is 1.92 bits per heavy atom. The third-order valence-electron chi connectivity index (χ3n) is 6.72. The van der Waals surface area contributed by atoms with Crippen molar-refractivity contribution in [3.05, 3.63) is 93.0 Å². The first-order valence-electron chi connectivity index (χ1n) is 11.8. The largest absolute Gasteiger partial charge is 0.524 e. The number of quaternary nitrogens is 2. The van der Waals surface area contributed by atoms with Gasteiger partial charge in [-0.15, -0.1) is 0 Å². The monoisotopic (exact) mass is 546 g/mol. The van der Waals surface area contributed by atoms with Gasteiger partial charge in [-0.3, -0.25) is 9.79 Å². The molecule has 0 bridgehead atoms. The predicted octanol–water partition coefficient (Wildman–Crippen LogP) is 6.94. The summed E-state index contributed by atoms with van der Waals surface area (Å²) < 4.78 is 23.0. The predicted molar refractivity (Wildman–Crippen MR) is 149 cm³/mol. The molecule has 0 saturated heterocycles. The molecule has 1 aliphatic heterocycles. The van der Waals surface area contributed by atoms with Gasteiger partial charge in [-0.2, -0.15) is 0 Å². The van der Waals surface area contributed by atoms with E-state index in [9.17, 15) is 24.3 Å². The maximum Gasteiger partial charge on any atom is 0.524 e. The minimum Gasteiger partial charge on any atom is -0.508 e. The number of phenolic OH excluding ortho intramolecular Hbond substituents is 1. The second-order valence-electron chi connectivity index (χ2n) is 9.94. The van der Waals surface area contributed by atoms with Crippen molar-refractivity contribution in [3.8, 4) is 11.5 Å². The van der Waals surface area contributed by atoms with Gasteiger partial charge in [-0.1, -0.05) is 45.9 Å². The smallest absolute Gasteiger partial charge is 0.508 e. The molecule has 0 radical (unpaired) electrons. The Morgan fingerprint density at radius 2 is 1.37 bits per heavy atom. The average Bonchev–Trinajstić information content (AvgIpc) is 3.05. The zero-order valence-corrected chi connectivity index (χ0v) is 24.1. The number of ether oxygens (including phenoxy) is 1. The maximum atomic E-state index is 13.2. The number of aromatic hydroxyl groups is 1. The Hall–Kier alpha value is -3.20. The fraction of sp³-hybridized carbons (Fsp3) is 0.321. The minimum absolute atomic E-state index is 0. The van der Waals surface area contributed by atoms with E-state index >= 15 is 0 Å². The van der Waals surface area contributed by atoms with Crippen molar-refractivity contribution < 1.29 is 33.5 Å². The highest BCUT2D eigenvalue weighted by molar-refractivity contribution is 7.46. The molecule has 1 unspecified atom stereocenters. The van der Waals surface area contributed by atoms with Crippen molar-refractivity contribution in [1.82, 2.24) is 12.3 Å². The van der Waals surface area contributed by atoms with Gasteiger partial charge in [-0.25, -0.2) is 9.36 Å². The SMILES string of the molecule is Cc1cc(O)c(C(C)C)cc1C1(c2cc(C(C)C)c(OP(=O)(O)O)cc2C)OC(=O)c2ccccc21.[NH4+].[NH4+]. The normalized spacial score (nSPS) is 16.5. The lowest BCUT2D eigenvalue weighted by Gasteiger charge is -2.34. The van der Waals surface area contributed by atoms with Crippen LogP contribution in [0.2, 0.25) is 0 Å². The summed E-state index contributed by atoms with van der Waals surface area (Å²) in [5, 5.41) is 10.6. The average molecular weight is 547 g/mol. The molecule has 4 rings (SSSR count). The number of fused-ring (bicyclic) bond motifs is 1. The van der Waals surface area contributed by atoms with Gasteiger partial charge in [0.05, 0.1) is 5.56 Å². The maximum absolute atomic E-state index is 13.2. The molecule has 1 aliphatic rings. The topological polar surface area (TPSA) is 186 Å². The van der Waals surface area contributed by atoms with E-state index in [1.165, 1.54) is 0 Å². The number of hydrogen-bond acceptors (Lipinski definition) is 5. The van der Waals surface area contributed by atoms with Crippen molar-refractivity contribution in [1.29, 1.82) is 0 Å². The lowest BCUT2D eigenvalue weighted by Crippen LogP contribution is -2.32. The second-order valence-corrected chi connectivity index (χ2v) is 11.1. The summed E-state index contributed by atoms with van der Waals surface area (Å²) in [4.78, 5) is 32.2. The molecule has 3 aromatic rings. The first kappa shape index (κ1) is 31.0. The highest BCUT2D eigenvalue weighted by Gasteiger charge is 2.50. The number of carbonyl (C=O) groups is 1. The number of phosphoric acid groups is 1. The molecule has 0 amide bonds. The number of aryl methyl sites for hydroxylation is 2. The third-order valence-corrected chi connectivity index (χ3v) is 7.16. The van der Waals surface area contributed by atoms with Gasteiger partial charge < -0.3 is 26.7 Å². The molecule has 10 heteroatoms. The molecule has 9 nitrogen and oxygen atoms in total. The highest BCUT2D eigenvalue weighted by atomic mass is 31.2. The van der Waals surface area contributed by atoms with Gasteiger partial charge in [0.2, 0.25) is 0 Å². The van der Waals surface area contributed by atoms with Gasteiger partial charge in [0.15, 0.2) is 5.60 Å². The third kappa shape index (κ3) is 5.21. The molecule has 0 aromatic heterocycles.